The van der Waals surface area contributed by atoms with Crippen LogP contribution < -0.4 is 4.90 Å². The third-order valence-electron chi connectivity index (χ3n) is 6.09. The van der Waals surface area contributed by atoms with Crippen LogP contribution in [-0.4, -0.2) is 24.2 Å². The third-order valence-corrected chi connectivity index (χ3v) is 6.09. The molecule has 0 aromatic heterocycles. The molecule has 1 aliphatic carbocycles. The molecule has 0 aliphatic heterocycles. The zero-order chi connectivity index (χ0) is 20.6. The van der Waals surface area contributed by atoms with Gasteiger partial charge in [-0.15, -0.1) is 0 Å². The maximum absolute atomic E-state index is 13.7. The van der Waals surface area contributed by atoms with Gasteiger partial charge in [-0.2, -0.15) is 0 Å². The van der Waals surface area contributed by atoms with Gasteiger partial charge in [-0.1, -0.05) is 63.1 Å². The number of unbranched alkanes of at least 4 members (excludes halogenated alkanes) is 3. The van der Waals surface area contributed by atoms with E-state index in [0.29, 0.717) is 5.92 Å². The van der Waals surface area contributed by atoms with Gasteiger partial charge in [-0.3, -0.25) is 4.79 Å². The van der Waals surface area contributed by atoms with E-state index in [9.17, 15) is 4.79 Å². The highest BCUT2D eigenvalue weighted by Gasteiger charge is 2.30. The van der Waals surface area contributed by atoms with Gasteiger partial charge in [0, 0.05) is 18.8 Å². The maximum atomic E-state index is 13.7. The fraction of sp³-hybridized carbons (Fsp3) is 0.500. The molecule has 156 valence electrons. The number of hydrogen-bond donors (Lipinski definition) is 1. The van der Waals surface area contributed by atoms with E-state index in [-0.39, 0.29) is 18.4 Å². The van der Waals surface area contributed by atoms with E-state index in [1.54, 1.807) is 0 Å². The quantitative estimate of drug-likeness (QED) is 0.546. The lowest BCUT2D eigenvalue weighted by Crippen LogP contribution is -2.37. The van der Waals surface area contributed by atoms with Crippen molar-refractivity contribution in [3.05, 3.63) is 65.2 Å². The molecule has 29 heavy (non-hydrogen) atoms. The lowest BCUT2D eigenvalue weighted by atomic mass is 9.82. The van der Waals surface area contributed by atoms with Crippen molar-refractivity contribution in [2.24, 2.45) is 0 Å². The lowest BCUT2D eigenvalue weighted by Gasteiger charge is -2.31. The second-order valence-electron chi connectivity index (χ2n) is 8.52. The van der Waals surface area contributed by atoms with E-state index in [2.05, 4.69) is 62.4 Å². The second kappa shape index (κ2) is 10.6. The van der Waals surface area contributed by atoms with Crippen LogP contribution in [0.4, 0.5) is 5.69 Å². The van der Waals surface area contributed by atoms with E-state index in [4.69, 9.17) is 5.11 Å². The van der Waals surface area contributed by atoms with E-state index in [1.165, 1.54) is 16.7 Å². The Morgan fingerprint density at radius 3 is 2.48 bits per heavy atom. The Kier molecular flexibility index (Phi) is 7.88. The van der Waals surface area contributed by atoms with Crippen molar-refractivity contribution in [3.8, 4) is 0 Å². The Labute approximate surface area is 175 Å². The summed E-state index contributed by atoms with van der Waals surface area (Å²) >= 11 is 0. The summed E-state index contributed by atoms with van der Waals surface area (Å²) in [5, 5.41) is 9.01. The Hall–Kier alpha value is -2.13. The maximum Gasteiger partial charge on any atom is 0.234 e. The van der Waals surface area contributed by atoms with E-state index >= 15 is 0 Å². The molecule has 3 rings (SSSR count). The molecule has 3 heteroatoms. The number of carbonyl (C=O) groups excluding carboxylic acids is 1. The van der Waals surface area contributed by atoms with Crippen molar-refractivity contribution < 1.29 is 9.90 Å². The van der Waals surface area contributed by atoms with Crippen LogP contribution in [0.15, 0.2) is 48.5 Å². The van der Waals surface area contributed by atoms with Crippen LogP contribution in [0, 0.1) is 0 Å². The minimum Gasteiger partial charge on any atom is -0.396 e. The van der Waals surface area contributed by atoms with E-state index in [0.717, 1.165) is 57.2 Å². The number of amides is 1. The first kappa shape index (κ1) is 21.6. The summed E-state index contributed by atoms with van der Waals surface area (Å²) in [7, 11) is 0. The minimum absolute atomic E-state index is 0.0397. The smallest absolute Gasteiger partial charge is 0.234 e. The molecule has 2 aromatic carbocycles. The highest BCUT2D eigenvalue weighted by molar-refractivity contribution is 5.98. The molecule has 1 atom stereocenters. The minimum atomic E-state index is -0.0397. The molecule has 1 unspecified atom stereocenters. The molecular formula is C26H35NO2. The molecule has 0 fully saturated rings. The van der Waals surface area contributed by atoms with Crippen LogP contribution in [-0.2, 0) is 11.2 Å². The summed E-state index contributed by atoms with van der Waals surface area (Å²) < 4.78 is 0. The van der Waals surface area contributed by atoms with Crippen molar-refractivity contribution >= 4 is 11.6 Å². The van der Waals surface area contributed by atoms with Crippen molar-refractivity contribution in [2.45, 2.75) is 70.6 Å². The summed E-state index contributed by atoms with van der Waals surface area (Å²) in [6.07, 6.45) is 6.93. The topological polar surface area (TPSA) is 40.5 Å². The molecule has 3 nitrogen and oxygen atoms in total. The monoisotopic (exact) mass is 393 g/mol. The number of fused-ring (bicyclic) bond motifs is 1. The summed E-state index contributed by atoms with van der Waals surface area (Å²) in [6, 6.07) is 17.0. The third kappa shape index (κ3) is 5.48. The summed E-state index contributed by atoms with van der Waals surface area (Å²) in [5.41, 5.74) is 4.85. The van der Waals surface area contributed by atoms with Gasteiger partial charge >= 0.3 is 0 Å². The Bertz CT molecular complexity index is 782. The second-order valence-corrected chi connectivity index (χ2v) is 8.52. The molecule has 0 heterocycles. The molecule has 0 spiro atoms. The highest BCUT2D eigenvalue weighted by atomic mass is 16.2. The molecule has 1 amide bonds. The molecule has 1 aliphatic rings. The molecule has 0 saturated carbocycles. The number of anilines is 1. The van der Waals surface area contributed by atoms with Gasteiger partial charge in [0.25, 0.3) is 0 Å². The van der Waals surface area contributed by atoms with Crippen molar-refractivity contribution in [3.63, 3.8) is 0 Å². The average molecular weight is 394 g/mol. The summed E-state index contributed by atoms with van der Waals surface area (Å²) in [6.45, 7) is 5.37. The Morgan fingerprint density at radius 1 is 1.03 bits per heavy atom. The van der Waals surface area contributed by atoms with Gasteiger partial charge in [-0.25, -0.2) is 0 Å². The van der Waals surface area contributed by atoms with Crippen LogP contribution in [0.1, 0.15) is 80.9 Å². The van der Waals surface area contributed by atoms with Crippen LogP contribution in [0.2, 0.25) is 0 Å². The van der Waals surface area contributed by atoms with Gasteiger partial charge in [0.15, 0.2) is 0 Å². The lowest BCUT2D eigenvalue weighted by molar-refractivity contribution is -0.120. The number of nitrogens with zero attached hydrogens (tertiary/aromatic N) is 1. The first-order chi connectivity index (χ1) is 14.1. The molecular weight excluding hydrogens is 358 g/mol. The summed E-state index contributed by atoms with van der Waals surface area (Å²) in [5.74, 6) is 0.677. The average Bonchev–Trinajstić information content (AvgIpc) is 2.75. The number of aliphatic hydroxyl groups is 1. The number of rotatable bonds is 9. The van der Waals surface area contributed by atoms with Gasteiger partial charge < -0.3 is 10.0 Å². The van der Waals surface area contributed by atoms with Crippen LogP contribution >= 0.6 is 0 Å². The van der Waals surface area contributed by atoms with Crippen molar-refractivity contribution in [1.29, 1.82) is 0 Å². The fourth-order valence-electron chi connectivity index (χ4n) is 4.34. The Morgan fingerprint density at radius 2 is 1.76 bits per heavy atom. The number of carbonyl (C=O) groups is 1. The van der Waals surface area contributed by atoms with Gasteiger partial charge in [0.2, 0.25) is 5.91 Å². The van der Waals surface area contributed by atoms with Crippen LogP contribution in [0.3, 0.4) is 0 Å². The summed E-state index contributed by atoms with van der Waals surface area (Å²) in [4.78, 5) is 15.7. The number of benzene rings is 2. The van der Waals surface area contributed by atoms with E-state index in [1.807, 2.05) is 4.90 Å². The highest BCUT2D eigenvalue weighted by Crippen LogP contribution is 2.34. The van der Waals surface area contributed by atoms with Gasteiger partial charge in [-0.05, 0) is 66.8 Å². The molecule has 2 aromatic rings. The first-order valence-corrected chi connectivity index (χ1v) is 11.2. The Balaban J connectivity index is 1.81. The predicted molar refractivity (Wildman–Crippen MR) is 121 cm³/mol. The van der Waals surface area contributed by atoms with Gasteiger partial charge in [0.05, 0.1) is 5.92 Å². The molecule has 0 bridgehead atoms. The SMILES string of the molecule is CC(C)c1ccc(N(CCCCCCO)C(=O)C2CCCc3ccccc32)cc1. The van der Waals surface area contributed by atoms with E-state index < -0.39 is 0 Å². The van der Waals surface area contributed by atoms with Crippen LogP contribution in [0.25, 0.3) is 0 Å². The van der Waals surface area contributed by atoms with Crippen molar-refractivity contribution in [2.75, 3.05) is 18.1 Å². The standard InChI is InChI=1S/C26H35NO2/c1-20(2)21-14-16-23(17-15-21)27(18-7-3-4-8-19-28)26(29)25-13-9-11-22-10-5-6-12-24(22)25/h5-6,10,12,14-17,20,25,28H,3-4,7-9,11,13,18-19H2,1-2H3. The largest absolute Gasteiger partial charge is 0.396 e. The predicted octanol–water partition coefficient (Wildman–Crippen LogP) is 5.82. The fourth-order valence-corrected chi connectivity index (χ4v) is 4.34. The normalized spacial score (nSPS) is 15.9. The number of aryl methyl sites for hydroxylation is 1. The number of aliphatic hydroxyl groups excluding tert-OH is 1. The van der Waals surface area contributed by atoms with Crippen LogP contribution in [0.5, 0.6) is 0 Å². The number of hydrogen-bond acceptors (Lipinski definition) is 2. The molecule has 0 saturated heterocycles. The zero-order valence-corrected chi connectivity index (χ0v) is 17.9. The molecule has 1 N–H and O–H groups in total. The van der Waals surface area contributed by atoms with Crippen molar-refractivity contribution in [1.82, 2.24) is 0 Å². The zero-order valence-electron chi connectivity index (χ0n) is 17.9. The molecule has 0 radical (unpaired) electrons. The first-order valence-electron chi connectivity index (χ1n) is 11.2. The van der Waals surface area contributed by atoms with Gasteiger partial charge in [0.1, 0.15) is 0 Å².